The smallest absolute Gasteiger partial charge is 0.131 e. The quantitative estimate of drug-likeness (QED) is 0.831. The maximum atomic E-state index is 13.6. The van der Waals surface area contributed by atoms with Gasteiger partial charge in [-0.3, -0.25) is 0 Å². The number of rotatable bonds is 4. The van der Waals surface area contributed by atoms with Gasteiger partial charge in [-0.15, -0.1) is 0 Å². The molecule has 1 atom stereocenters. The molecule has 2 N–H and O–H groups in total. The molecule has 0 saturated heterocycles. The van der Waals surface area contributed by atoms with Crippen molar-refractivity contribution in [3.05, 3.63) is 29.6 Å². The molecule has 0 heterocycles. The molecule has 0 saturated carbocycles. The first-order chi connectivity index (χ1) is 7.04. The van der Waals surface area contributed by atoms with E-state index in [4.69, 9.17) is 10.5 Å². The zero-order chi connectivity index (χ0) is 11.4. The Bertz CT molecular complexity index is 325. The van der Waals surface area contributed by atoms with Crippen molar-refractivity contribution >= 4 is 0 Å². The first-order valence-electron chi connectivity index (χ1n) is 5.13. The zero-order valence-electron chi connectivity index (χ0n) is 9.46. The van der Waals surface area contributed by atoms with E-state index in [-0.39, 0.29) is 11.9 Å². The fraction of sp³-hybridized carbons (Fsp3) is 0.500. The molecule has 1 rings (SSSR count). The van der Waals surface area contributed by atoms with Gasteiger partial charge in [-0.2, -0.15) is 0 Å². The van der Waals surface area contributed by atoms with Gasteiger partial charge in [0.15, 0.2) is 0 Å². The number of benzene rings is 1. The van der Waals surface area contributed by atoms with Crippen molar-refractivity contribution in [2.24, 2.45) is 11.7 Å². The highest BCUT2D eigenvalue weighted by molar-refractivity contribution is 5.30. The van der Waals surface area contributed by atoms with Crippen LogP contribution in [0.15, 0.2) is 18.2 Å². The van der Waals surface area contributed by atoms with Gasteiger partial charge in [0.2, 0.25) is 0 Å². The van der Waals surface area contributed by atoms with Crippen molar-refractivity contribution in [3.8, 4) is 5.75 Å². The van der Waals surface area contributed by atoms with Crippen molar-refractivity contribution in [1.82, 2.24) is 0 Å². The minimum atomic E-state index is -0.289. The summed E-state index contributed by atoms with van der Waals surface area (Å²) < 4.78 is 18.5. The minimum Gasteiger partial charge on any atom is -0.497 e. The summed E-state index contributed by atoms with van der Waals surface area (Å²) >= 11 is 0. The molecule has 0 unspecified atom stereocenters. The van der Waals surface area contributed by atoms with Crippen LogP contribution in [0.2, 0.25) is 0 Å². The van der Waals surface area contributed by atoms with Gasteiger partial charge in [0.1, 0.15) is 11.6 Å². The highest BCUT2D eigenvalue weighted by Crippen LogP contribution is 2.24. The fourth-order valence-corrected chi connectivity index (χ4v) is 1.57. The third kappa shape index (κ3) is 3.20. The number of methoxy groups -OCH3 is 1. The van der Waals surface area contributed by atoms with Crippen LogP contribution < -0.4 is 10.5 Å². The molecular weight excluding hydrogens is 193 g/mol. The molecule has 0 aliphatic heterocycles. The molecule has 15 heavy (non-hydrogen) atoms. The Balaban J connectivity index is 2.85. The van der Waals surface area contributed by atoms with Gasteiger partial charge in [-0.25, -0.2) is 4.39 Å². The molecule has 0 aliphatic rings. The number of ether oxygens (including phenoxy) is 1. The first-order valence-corrected chi connectivity index (χ1v) is 5.13. The lowest BCUT2D eigenvalue weighted by Gasteiger charge is -2.15. The van der Waals surface area contributed by atoms with E-state index >= 15 is 0 Å². The lowest BCUT2D eigenvalue weighted by Crippen LogP contribution is -2.14. The van der Waals surface area contributed by atoms with E-state index < -0.39 is 0 Å². The number of nitrogens with two attached hydrogens (primary N) is 1. The number of halogens is 1. The molecule has 0 aliphatic carbocycles. The second-order valence-corrected chi connectivity index (χ2v) is 4.12. The van der Waals surface area contributed by atoms with Gasteiger partial charge in [0.05, 0.1) is 7.11 Å². The molecule has 1 aromatic rings. The molecule has 1 aromatic carbocycles. The Hall–Kier alpha value is -1.09. The van der Waals surface area contributed by atoms with Crippen LogP contribution in [0.25, 0.3) is 0 Å². The average molecular weight is 211 g/mol. The van der Waals surface area contributed by atoms with Crippen molar-refractivity contribution < 1.29 is 9.13 Å². The molecule has 0 radical (unpaired) electrons. The van der Waals surface area contributed by atoms with E-state index in [1.807, 2.05) is 0 Å². The Labute approximate surface area is 90.2 Å². The zero-order valence-corrected chi connectivity index (χ0v) is 9.46. The summed E-state index contributed by atoms with van der Waals surface area (Å²) in [5.41, 5.74) is 6.47. The van der Waals surface area contributed by atoms with Crippen LogP contribution in [0.4, 0.5) is 4.39 Å². The second-order valence-electron chi connectivity index (χ2n) is 4.12. The van der Waals surface area contributed by atoms with Crippen molar-refractivity contribution in [2.75, 3.05) is 7.11 Å². The monoisotopic (exact) mass is 211 g/mol. The van der Waals surface area contributed by atoms with E-state index in [0.717, 1.165) is 6.42 Å². The summed E-state index contributed by atoms with van der Waals surface area (Å²) in [5.74, 6) is 0.692. The van der Waals surface area contributed by atoms with Gasteiger partial charge in [0.25, 0.3) is 0 Å². The maximum Gasteiger partial charge on any atom is 0.131 e. The average Bonchev–Trinajstić information content (AvgIpc) is 2.16. The molecule has 84 valence electrons. The van der Waals surface area contributed by atoms with Gasteiger partial charge in [-0.05, 0) is 18.4 Å². The van der Waals surface area contributed by atoms with Crippen LogP contribution in [-0.4, -0.2) is 7.11 Å². The van der Waals surface area contributed by atoms with Gasteiger partial charge in [-0.1, -0.05) is 19.9 Å². The molecule has 0 amide bonds. The number of hydrogen-bond donors (Lipinski definition) is 1. The molecule has 0 spiro atoms. The Morgan fingerprint density at radius 2 is 2.07 bits per heavy atom. The van der Waals surface area contributed by atoms with Gasteiger partial charge < -0.3 is 10.5 Å². The maximum absolute atomic E-state index is 13.6. The van der Waals surface area contributed by atoms with Gasteiger partial charge in [0, 0.05) is 17.7 Å². The van der Waals surface area contributed by atoms with E-state index in [9.17, 15) is 4.39 Å². The van der Waals surface area contributed by atoms with E-state index in [1.54, 1.807) is 12.1 Å². The normalized spacial score (nSPS) is 12.9. The highest BCUT2D eigenvalue weighted by Gasteiger charge is 2.13. The predicted molar refractivity (Wildman–Crippen MR) is 59.3 cm³/mol. The minimum absolute atomic E-state index is 0.240. The summed E-state index contributed by atoms with van der Waals surface area (Å²) in [6.07, 6.45) is 0.781. The molecule has 0 bridgehead atoms. The Morgan fingerprint density at radius 1 is 1.40 bits per heavy atom. The van der Waals surface area contributed by atoms with Crippen LogP contribution in [0.3, 0.4) is 0 Å². The SMILES string of the molecule is COc1ccc([C@@H](N)CC(C)C)c(F)c1. The lowest BCUT2D eigenvalue weighted by molar-refractivity contribution is 0.409. The first kappa shape index (κ1) is 12.0. The van der Waals surface area contributed by atoms with Crippen LogP contribution in [0.5, 0.6) is 5.75 Å². The third-order valence-corrected chi connectivity index (χ3v) is 2.33. The third-order valence-electron chi connectivity index (χ3n) is 2.33. The molecular formula is C12H18FNO. The lowest BCUT2D eigenvalue weighted by atomic mass is 9.97. The largest absolute Gasteiger partial charge is 0.497 e. The van der Waals surface area contributed by atoms with Crippen molar-refractivity contribution in [3.63, 3.8) is 0 Å². The van der Waals surface area contributed by atoms with Crippen LogP contribution >= 0.6 is 0 Å². The van der Waals surface area contributed by atoms with E-state index in [2.05, 4.69) is 13.8 Å². The molecule has 0 aromatic heterocycles. The van der Waals surface area contributed by atoms with Crippen LogP contribution in [0, 0.1) is 11.7 Å². The summed E-state index contributed by atoms with van der Waals surface area (Å²) in [6.45, 7) is 4.14. The van der Waals surface area contributed by atoms with E-state index in [1.165, 1.54) is 13.2 Å². The van der Waals surface area contributed by atoms with Crippen molar-refractivity contribution in [2.45, 2.75) is 26.3 Å². The molecule has 2 nitrogen and oxygen atoms in total. The standard InChI is InChI=1S/C12H18FNO/c1-8(2)6-12(14)10-5-4-9(15-3)7-11(10)13/h4-5,7-8,12H,6,14H2,1-3H3/t12-/m0/s1. The number of hydrogen-bond acceptors (Lipinski definition) is 2. The Morgan fingerprint density at radius 3 is 2.53 bits per heavy atom. The summed E-state index contributed by atoms with van der Waals surface area (Å²) in [7, 11) is 1.52. The van der Waals surface area contributed by atoms with Gasteiger partial charge >= 0.3 is 0 Å². The summed E-state index contributed by atoms with van der Waals surface area (Å²) in [5, 5.41) is 0. The second kappa shape index (κ2) is 5.12. The Kier molecular flexibility index (Phi) is 4.09. The topological polar surface area (TPSA) is 35.2 Å². The fourth-order valence-electron chi connectivity index (χ4n) is 1.57. The van der Waals surface area contributed by atoms with Crippen LogP contribution in [-0.2, 0) is 0 Å². The summed E-state index contributed by atoms with van der Waals surface area (Å²) in [6, 6.07) is 4.56. The predicted octanol–water partition coefficient (Wildman–Crippen LogP) is 2.88. The van der Waals surface area contributed by atoms with Crippen LogP contribution in [0.1, 0.15) is 31.9 Å². The molecule has 3 heteroatoms. The van der Waals surface area contributed by atoms with Crippen molar-refractivity contribution in [1.29, 1.82) is 0 Å². The molecule has 0 fully saturated rings. The highest BCUT2D eigenvalue weighted by atomic mass is 19.1. The van der Waals surface area contributed by atoms with E-state index in [0.29, 0.717) is 17.2 Å². The summed E-state index contributed by atoms with van der Waals surface area (Å²) in [4.78, 5) is 0.